The zero-order valence-corrected chi connectivity index (χ0v) is 10.5. The summed E-state index contributed by atoms with van der Waals surface area (Å²) < 4.78 is 0. The van der Waals surface area contributed by atoms with Crippen molar-refractivity contribution in [2.75, 3.05) is 6.54 Å². The van der Waals surface area contributed by atoms with Crippen LogP contribution < -0.4 is 5.32 Å². The maximum absolute atomic E-state index is 4.21. The van der Waals surface area contributed by atoms with Crippen LogP contribution in [0.3, 0.4) is 0 Å². The highest BCUT2D eigenvalue weighted by Crippen LogP contribution is 2.23. The van der Waals surface area contributed by atoms with Crippen LogP contribution in [0.1, 0.15) is 25.0 Å². The van der Waals surface area contributed by atoms with Crippen molar-refractivity contribution in [1.29, 1.82) is 0 Å². The summed E-state index contributed by atoms with van der Waals surface area (Å²) in [6.07, 6.45) is 6.91. The van der Waals surface area contributed by atoms with Crippen LogP contribution in [0, 0.1) is 0 Å². The maximum Gasteiger partial charge on any atom is 0.0568 e. The van der Waals surface area contributed by atoms with Gasteiger partial charge in [0.15, 0.2) is 0 Å². The predicted octanol–water partition coefficient (Wildman–Crippen LogP) is 2.76. The van der Waals surface area contributed by atoms with Gasteiger partial charge in [0.05, 0.1) is 6.20 Å². The normalized spacial score (nSPS) is 19.9. The zero-order chi connectivity index (χ0) is 12.2. The number of nitrogens with zero attached hydrogens (tertiary/aromatic N) is 1. The van der Waals surface area contributed by atoms with Crippen molar-refractivity contribution in [1.82, 2.24) is 15.5 Å². The van der Waals surface area contributed by atoms with Gasteiger partial charge in [0.1, 0.15) is 0 Å². The number of rotatable bonds is 3. The average Bonchev–Trinajstić information content (AvgIpc) is 2.89. The highest BCUT2D eigenvalue weighted by molar-refractivity contribution is 5.65. The van der Waals surface area contributed by atoms with E-state index in [0.717, 1.165) is 13.0 Å². The first-order chi connectivity index (χ1) is 8.93. The molecule has 1 aliphatic heterocycles. The second-order valence-corrected chi connectivity index (χ2v) is 4.98. The minimum Gasteiger partial charge on any atom is -0.314 e. The lowest BCUT2D eigenvalue weighted by atomic mass is 9.97. The second kappa shape index (κ2) is 5.36. The first kappa shape index (κ1) is 11.5. The van der Waals surface area contributed by atoms with E-state index in [2.05, 4.69) is 39.8 Å². The third-order valence-electron chi connectivity index (χ3n) is 3.67. The fourth-order valence-corrected chi connectivity index (χ4v) is 2.68. The lowest BCUT2D eigenvalue weighted by molar-refractivity contribution is 0.397. The first-order valence-electron chi connectivity index (χ1n) is 6.74. The van der Waals surface area contributed by atoms with E-state index in [4.69, 9.17) is 0 Å². The van der Waals surface area contributed by atoms with Gasteiger partial charge in [-0.05, 0) is 24.9 Å². The Hall–Kier alpha value is -1.61. The van der Waals surface area contributed by atoms with Crippen LogP contribution in [0.25, 0.3) is 11.1 Å². The van der Waals surface area contributed by atoms with Crippen LogP contribution in [0.4, 0.5) is 0 Å². The smallest absolute Gasteiger partial charge is 0.0568 e. The molecule has 0 radical (unpaired) electrons. The highest BCUT2D eigenvalue weighted by Gasteiger charge is 2.16. The summed E-state index contributed by atoms with van der Waals surface area (Å²) in [6, 6.07) is 11.1. The van der Waals surface area contributed by atoms with E-state index >= 15 is 0 Å². The second-order valence-electron chi connectivity index (χ2n) is 4.98. The molecule has 3 nitrogen and oxygen atoms in total. The van der Waals surface area contributed by atoms with Gasteiger partial charge in [-0.25, -0.2) is 0 Å². The Morgan fingerprint density at radius 3 is 2.83 bits per heavy atom. The van der Waals surface area contributed by atoms with Crippen molar-refractivity contribution in [3.05, 3.63) is 42.2 Å². The molecule has 1 saturated heterocycles. The fourth-order valence-electron chi connectivity index (χ4n) is 2.68. The van der Waals surface area contributed by atoms with Crippen molar-refractivity contribution in [3.8, 4) is 11.1 Å². The molecule has 1 fully saturated rings. The monoisotopic (exact) mass is 241 g/mol. The van der Waals surface area contributed by atoms with E-state index in [1.165, 1.54) is 36.1 Å². The number of hydrogen-bond donors (Lipinski definition) is 2. The third kappa shape index (κ3) is 2.46. The van der Waals surface area contributed by atoms with Crippen molar-refractivity contribution in [2.24, 2.45) is 0 Å². The molecular weight excluding hydrogens is 222 g/mol. The summed E-state index contributed by atoms with van der Waals surface area (Å²) in [5.41, 5.74) is 3.74. The molecule has 18 heavy (non-hydrogen) atoms. The van der Waals surface area contributed by atoms with E-state index in [-0.39, 0.29) is 0 Å². The minimum atomic E-state index is 0.599. The Bertz CT molecular complexity index is 483. The molecule has 1 aromatic carbocycles. The van der Waals surface area contributed by atoms with Gasteiger partial charge in [0.25, 0.3) is 0 Å². The van der Waals surface area contributed by atoms with Gasteiger partial charge in [-0.2, -0.15) is 5.10 Å². The Morgan fingerprint density at radius 2 is 2.06 bits per heavy atom. The molecule has 1 aliphatic rings. The Kier molecular flexibility index (Phi) is 3.42. The van der Waals surface area contributed by atoms with E-state index < -0.39 is 0 Å². The summed E-state index contributed by atoms with van der Waals surface area (Å²) in [6.45, 7) is 1.15. The quantitative estimate of drug-likeness (QED) is 0.867. The fraction of sp³-hybridized carbons (Fsp3) is 0.400. The molecule has 1 atom stereocenters. The average molecular weight is 241 g/mol. The molecule has 94 valence electrons. The van der Waals surface area contributed by atoms with Crippen LogP contribution in [-0.4, -0.2) is 22.8 Å². The van der Waals surface area contributed by atoms with E-state index in [1.807, 2.05) is 12.3 Å². The predicted molar refractivity (Wildman–Crippen MR) is 73.4 cm³/mol. The molecular formula is C15H19N3. The van der Waals surface area contributed by atoms with Gasteiger partial charge in [0.2, 0.25) is 0 Å². The molecule has 0 saturated carbocycles. The Balaban J connectivity index is 1.79. The number of piperidine rings is 1. The van der Waals surface area contributed by atoms with E-state index in [1.54, 1.807) is 0 Å². The SMILES string of the molecule is c1ccc(-c2cn[nH]c2CC2CCCCN2)cc1. The highest BCUT2D eigenvalue weighted by atomic mass is 15.1. The summed E-state index contributed by atoms with van der Waals surface area (Å²) in [4.78, 5) is 0. The molecule has 1 aromatic heterocycles. The molecule has 1 unspecified atom stereocenters. The van der Waals surface area contributed by atoms with Gasteiger partial charge in [-0.15, -0.1) is 0 Å². The Morgan fingerprint density at radius 1 is 1.17 bits per heavy atom. The van der Waals surface area contributed by atoms with Crippen LogP contribution in [0.5, 0.6) is 0 Å². The third-order valence-corrected chi connectivity index (χ3v) is 3.67. The van der Waals surface area contributed by atoms with Crippen LogP contribution in [0.15, 0.2) is 36.5 Å². The zero-order valence-electron chi connectivity index (χ0n) is 10.5. The van der Waals surface area contributed by atoms with E-state index in [9.17, 15) is 0 Å². The summed E-state index contributed by atoms with van der Waals surface area (Å²) >= 11 is 0. The van der Waals surface area contributed by atoms with Crippen molar-refractivity contribution >= 4 is 0 Å². The number of nitrogens with one attached hydrogen (secondary N) is 2. The van der Waals surface area contributed by atoms with Crippen molar-refractivity contribution in [3.63, 3.8) is 0 Å². The standard InChI is InChI=1S/C15H19N3/c1-2-6-12(7-3-1)14-11-17-18-15(14)10-13-8-4-5-9-16-13/h1-3,6-7,11,13,16H,4-5,8-10H2,(H,17,18). The molecule has 0 amide bonds. The molecule has 0 bridgehead atoms. The lowest BCUT2D eigenvalue weighted by Crippen LogP contribution is -2.35. The lowest BCUT2D eigenvalue weighted by Gasteiger charge is -2.23. The van der Waals surface area contributed by atoms with Crippen LogP contribution in [0.2, 0.25) is 0 Å². The number of benzene rings is 1. The molecule has 3 rings (SSSR count). The van der Waals surface area contributed by atoms with Crippen LogP contribution in [-0.2, 0) is 6.42 Å². The van der Waals surface area contributed by atoms with Crippen molar-refractivity contribution in [2.45, 2.75) is 31.7 Å². The molecule has 3 heteroatoms. The molecule has 0 aliphatic carbocycles. The summed E-state index contributed by atoms with van der Waals surface area (Å²) in [5, 5.41) is 11.0. The van der Waals surface area contributed by atoms with Crippen LogP contribution >= 0.6 is 0 Å². The number of aromatic amines is 1. The molecule has 2 heterocycles. The van der Waals surface area contributed by atoms with Gasteiger partial charge in [0, 0.05) is 23.7 Å². The topological polar surface area (TPSA) is 40.7 Å². The van der Waals surface area contributed by atoms with Gasteiger partial charge < -0.3 is 5.32 Å². The van der Waals surface area contributed by atoms with Gasteiger partial charge in [-0.1, -0.05) is 36.8 Å². The summed E-state index contributed by atoms with van der Waals surface area (Å²) in [7, 11) is 0. The number of aromatic nitrogens is 2. The Labute approximate surface area is 108 Å². The molecule has 2 aromatic rings. The number of hydrogen-bond acceptors (Lipinski definition) is 2. The first-order valence-corrected chi connectivity index (χ1v) is 6.74. The van der Waals surface area contributed by atoms with Gasteiger partial charge >= 0.3 is 0 Å². The molecule has 0 spiro atoms. The van der Waals surface area contributed by atoms with Gasteiger partial charge in [-0.3, -0.25) is 5.10 Å². The minimum absolute atomic E-state index is 0.599. The van der Waals surface area contributed by atoms with Crippen molar-refractivity contribution < 1.29 is 0 Å². The largest absolute Gasteiger partial charge is 0.314 e. The maximum atomic E-state index is 4.21. The van der Waals surface area contributed by atoms with E-state index in [0.29, 0.717) is 6.04 Å². The number of H-pyrrole nitrogens is 1. The molecule has 2 N–H and O–H groups in total. The summed E-state index contributed by atoms with van der Waals surface area (Å²) in [5.74, 6) is 0.